The monoisotopic (exact) mass is 241 g/mol. The summed E-state index contributed by atoms with van der Waals surface area (Å²) in [4.78, 5) is 13.0. The SMILES string of the molecule is CC(CCC(=O)O)N(C)C1CCC(C)(C)CC1. The first-order valence-corrected chi connectivity index (χ1v) is 6.75. The molecule has 0 aliphatic heterocycles. The third kappa shape index (κ3) is 4.66. The Labute approximate surface area is 105 Å². The molecule has 0 aromatic rings. The smallest absolute Gasteiger partial charge is 0.303 e. The van der Waals surface area contributed by atoms with Gasteiger partial charge in [0.15, 0.2) is 0 Å². The molecule has 0 aromatic heterocycles. The highest BCUT2D eigenvalue weighted by Crippen LogP contribution is 2.37. The van der Waals surface area contributed by atoms with Gasteiger partial charge < -0.3 is 10.0 Å². The van der Waals surface area contributed by atoms with Gasteiger partial charge in [0.25, 0.3) is 0 Å². The van der Waals surface area contributed by atoms with Gasteiger partial charge in [-0.15, -0.1) is 0 Å². The van der Waals surface area contributed by atoms with Gasteiger partial charge in [-0.25, -0.2) is 0 Å². The van der Waals surface area contributed by atoms with E-state index in [0.29, 0.717) is 17.5 Å². The molecular weight excluding hydrogens is 214 g/mol. The summed E-state index contributed by atoms with van der Waals surface area (Å²) in [6, 6.07) is 1.02. The molecule has 17 heavy (non-hydrogen) atoms. The van der Waals surface area contributed by atoms with Crippen molar-refractivity contribution in [2.24, 2.45) is 5.41 Å². The molecule has 1 unspecified atom stereocenters. The molecule has 1 fully saturated rings. The van der Waals surface area contributed by atoms with Gasteiger partial charge in [0.1, 0.15) is 0 Å². The molecular formula is C14H27NO2. The summed E-state index contributed by atoms with van der Waals surface area (Å²) < 4.78 is 0. The fourth-order valence-corrected chi connectivity index (χ4v) is 2.69. The van der Waals surface area contributed by atoms with Crippen molar-refractivity contribution in [1.29, 1.82) is 0 Å². The highest BCUT2D eigenvalue weighted by molar-refractivity contribution is 5.66. The van der Waals surface area contributed by atoms with Crippen molar-refractivity contribution in [1.82, 2.24) is 4.90 Å². The Hall–Kier alpha value is -0.570. The van der Waals surface area contributed by atoms with Crippen molar-refractivity contribution in [2.75, 3.05) is 7.05 Å². The summed E-state index contributed by atoms with van der Waals surface area (Å²) in [7, 11) is 2.15. The molecule has 1 N–H and O–H groups in total. The molecule has 1 rings (SSSR count). The maximum atomic E-state index is 10.6. The molecule has 0 aromatic carbocycles. The molecule has 0 heterocycles. The number of carboxylic acid groups (broad SMARTS) is 1. The van der Waals surface area contributed by atoms with Crippen LogP contribution in [0.5, 0.6) is 0 Å². The summed E-state index contributed by atoms with van der Waals surface area (Å²) in [5, 5.41) is 8.70. The van der Waals surface area contributed by atoms with Crippen LogP contribution < -0.4 is 0 Å². The van der Waals surface area contributed by atoms with Gasteiger partial charge in [-0.2, -0.15) is 0 Å². The Morgan fingerprint density at radius 3 is 2.41 bits per heavy atom. The lowest BCUT2D eigenvalue weighted by Crippen LogP contribution is -2.42. The van der Waals surface area contributed by atoms with E-state index in [2.05, 4.69) is 32.7 Å². The number of nitrogens with zero attached hydrogens (tertiary/aromatic N) is 1. The normalized spacial score (nSPS) is 22.6. The maximum Gasteiger partial charge on any atom is 0.303 e. The zero-order valence-electron chi connectivity index (χ0n) is 11.7. The first-order valence-electron chi connectivity index (χ1n) is 6.75. The second-order valence-corrected chi connectivity index (χ2v) is 6.34. The van der Waals surface area contributed by atoms with E-state index in [1.807, 2.05) is 0 Å². The lowest BCUT2D eigenvalue weighted by atomic mass is 9.75. The average molecular weight is 241 g/mol. The van der Waals surface area contributed by atoms with E-state index in [-0.39, 0.29) is 6.42 Å². The van der Waals surface area contributed by atoms with Crippen molar-refractivity contribution in [3.63, 3.8) is 0 Å². The number of hydrogen-bond donors (Lipinski definition) is 1. The van der Waals surface area contributed by atoms with Gasteiger partial charge in [-0.05, 0) is 51.5 Å². The van der Waals surface area contributed by atoms with Crippen molar-refractivity contribution in [3.05, 3.63) is 0 Å². The number of carboxylic acids is 1. The topological polar surface area (TPSA) is 40.5 Å². The standard InChI is InChI=1S/C14H27NO2/c1-11(5-6-13(16)17)15(4)12-7-9-14(2,3)10-8-12/h11-12H,5-10H2,1-4H3,(H,16,17). The van der Waals surface area contributed by atoms with Crippen LogP contribution in [0.2, 0.25) is 0 Å². The Morgan fingerprint density at radius 2 is 1.94 bits per heavy atom. The predicted molar refractivity (Wildman–Crippen MR) is 70.1 cm³/mol. The molecule has 1 aliphatic rings. The fraction of sp³-hybridized carbons (Fsp3) is 0.929. The molecule has 1 saturated carbocycles. The second kappa shape index (κ2) is 5.85. The van der Waals surface area contributed by atoms with Crippen molar-refractivity contribution >= 4 is 5.97 Å². The van der Waals surface area contributed by atoms with Gasteiger partial charge in [0, 0.05) is 18.5 Å². The minimum atomic E-state index is -0.685. The lowest BCUT2D eigenvalue weighted by Gasteiger charge is -2.41. The molecule has 0 radical (unpaired) electrons. The highest BCUT2D eigenvalue weighted by Gasteiger charge is 2.30. The van der Waals surface area contributed by atoms with E-state index in [9.17, 15) is 4.79 Å². The molecule has 0 bridgehead atoms. The van der Waals surface area contributed by atoms with E-state index < -0.39 is 5.97 Å². The van der Waals surface area contributed by atoms with Crippen LogP contribution in [-0.4, -0.2) is 35.1 Å². The predicted octanol–water partition coefficient (Wildman–Crippen LogP) is 3.14. The lowest BCUT2D eigenvalue weighted by molar-refractivity contribution is -0.137. The largest absolute Gasteiger partial charge is 0.481 e. The Morgan fingerprint density at radius 1 is 1.41 bits per heavy atom. The van der Waals surface area contributed by atoms with Crippen LogP contribution in [0.4, 0.5) is 0 Å². The summed E-state index contributed by atoms with van der Waals surface area (Å²) >= 11 is 0. The molecule has 1 atom stereocenters. The molecule has 100 valence electrons. The Bertz CT molecular complexity index is 253. The fourth-order valence-electron chi connectivity index (χ4n) is 2.69. The molecule has 1 aliphatic carbocycles. The van der Waals surface area contributed by atoms with Gasteiger partial charge >= 0.3 is 5.97 Å². The summed E-state index contributed by atoms with van der Waals surface area (Å²) in [5.41, 5.74) is 0.502. The highest BCUT2D eigenvalue weighted by atomic mass is 16.4. The van der Waals surface area contributed by atoms with Gasteiger partial charge in [-0.3, -0.25) is 4.79 Å². The zero-order chi connectivity index (χ0) is 13.1. The van der Waals surface area contributed by atoms with E-state index in [1.165, 1.54) is 25.7 Å². The van der Waals surface area contributed by atoms with Crippen LogP contribution >= 0.6 is 0 Å². The number of hydrogen-bond acceptors (Lipinski definition) is 2. The third-order valence-corrected chi connectivity index (χ3v) is 4.36. The summed E-state index contributed by atoms with van der Waals surface area (Å²) in [6.45, 7) is 6.83. The minimum absolute atomic E-state index is 0.281. The van der Waals surface area contributed by atoms with Gasteiger partial charge in [0.05, 0.1) is 0 Å². The quantitative estimate of drug-likeness (QED) is 0.804. The van der Waals surface area contributed by atoms with Gasteiger partial charge in [0.2, 0.25) is 0 Å². The molecule has 0 saturated heterocycles. The van der Waals surface area contributed by atoms with E-state index in [4.69, 9.17) is 5.11 Å². The van der Waals surface area contributed by atoms with E-state index >= 15 is 0 Å². The first-order chi connectivity index (χ1) is 7.82. The first kappa shape index (κ1) is 14.5. The minimum Gasteiger partial charge on any atom is -0.481 e. The van der Waals surface area contributed by atoms with Crippen LogP contribution in [0.1, 0.15) is 59.3 Å². The van der Waals surface area contributed by atoms with Crippen molar-refractivity contribution in [2.45, 2.75) is 71.4 Å². The average Bonchev–Trinajstić information content (AvgIpc) is 2.25. The zero-order valence-corrected chi connectivity index (χ0v) is 11.7. The van der Waals surface area contributed by atoms with Crippen LogP contribution in [0.25, 0.3) is 0 Å². The van der Waals surface area contributed by atoms with Crippen LogP contribution in [0.15, 0.2) is 0 Å². The second-order valence-electron chi connectivity index (χ2n) is 6.34. The number of carbonyl (C=O) groups is 1. The van der Waals surface area contributed by atoms with Crippen molar-refractivity contribution in [3.8, 4) is 0 Å². The van der Waals surface area contributed by atoms with Crippen LogP contribution in [0, 0.1) is 5.41 Å². The molecule has 0 amide bonds. The Balaban J connectivity index is 2.37. The van der Waals surface area contributed by atoms with Crippen LogP contribution in [-0.2, 0) is 4.79 Å². The molecule has 0 spiro atoms. The number of rotatable bonds is 5. The molecule has 3 heteroatoms. The third-order valence-electron chi connectivity index (χ3n) is 4.36. The number of aliphatic carboxylic acids is 1. The Kier molecular flexibility index (Phi) is 4.99. The molecule has 3 nitrogen and oxygen atoms in total. The van der Waals surface area contributed by atoms with Crippen LogP contribution in [0.3, 0.4) is 0 Å². The maximum absolute atomic E-state index is 10.6. The van der Waals surface area contributed by atoms with E-state index in [0.717, 1.165) is 6.42 Å². The van der Waals surface area contributed by atoms with Gasteiger partial charge in [-0.1, -0.05) is 13.8 Å². The summed E-state index contributed by atoms with van der Waals surface area (Å²) in [5.74, 6) is -0.685. The van der Waals surface area contributed by atoms with E-state index in [1.54, 1.807) is 0 Å². The van der Waals surface area contributed by atoms with Crippen molar-refractivity contribution < 1.29 is 9.90 Å². The summed E-state index contributed by atoms with van der Waals surface area (Å²) in [6.07, 6.45) is 6.11.